The first-order valence-electron chi connectivity index (χ1n) is 10.6. The van der Waals surface area contributed by atoms with E-state index in [1.807, 2.05) is 0 Å². The number of carbonyl (C=O) groups excluding carboxylic acids is 2. The minimum absolute atomic E-state index is 0.162. The molecular formula is C26H21ClN4O4. The molecule has 4 rings (SSSR count). The van der Waals surface area contributed by atoms with E-state index in [9.17, 15) is 9.59 Å². The lowest BCUT2D eigenvalue weighted by molar-refractivity contribution is -0.114. The number of hydrogen-bond acceptors (Lipinski definition) is 5. The Morgan fingerprint density at radius 2 is 1.29 bits per heavy atom. The van der Waals surface area contributed by atoms with Crippen LogP contribution in [0.5, 0.6) is 23.0 Å². The minimum Gasteiger partial charge on any atom is -0.457 e. The van der Waals surface area contributed by atoms with Crippen LogP contribution in [0.4, 0.5) is 21.9 Å². The monoisotopic (exact) mass is 488 g/mol. The highest BCUT2D eigenvalue weighted by Gasteiger charge is 2.11. The zero-order valence-electron chi connectivity index (χ0n) is 18.6. The maximum Gasteiger partial charge on any atom is 0.323 e. The van der Waals surface area contributed by atoms with Crippen molar-refractivity contribution < 1.29 is 19.1 Å². The first kappa shape index (κ1) is 23.6. The molecule has 0 saturated heterocycles. The van der Waals surface area contributed by atoms with Gasteiger partial charge in [0.25, 0.3) is 0 Å². The third-order valence-corrected chi connectivity index (χ3v) is 4.83. The summed E-state index contributed by atoms with van der Waals surface area (Å²) in [6.45, 7) is 1.44. The zero-order valence-corrected chi connectivity index (χ0v) is 19.4. The SMILES string of the molecule is CC(=O)Nc1ccc(Oc2ccc(Cl)cc2NC(=O)Nc2ccc(Oc3ccncc3)cc2)cc1. The number of benzene rings is 3. The summed E-state index contributed by atoms with van der Waals surface area (Å²) in [6, 6.07) is 21.7. The van der Waals surface area contributed by atoms with Crippen molar-refractivity contribution in [3.63, 3.8) is 0 Å². The molecule has 8 nitrogen and oxygen atoms in total. The summed E-state index contributed by atoms with van der Waals surface area (Å²) < 4.78 is 11.6. The van der Waals surface area contributed by atoms with E-state index in [0.717, 1.165) is 0 Å². The van der Waals surface area contributed by atoms with Crippen molar-refractivity contribution in [3.8, 4) is 23.0 Å². The molecule has 176 valence electrons. The first-order chi connectivity index (χ1) is 16.9. The summed E-state index contributed by atoms with van der Waals surface area (Å²) >= 11 is 6.13. The van der Waals surface area contributed by atoms with Gasteiger partial charge < -0.3 is 25.4 Å². The molecule has 9 heteroatoms. The average Bonchev–Trinajstić information content (AvgIpc) is 2.83. The number of ether oxygens (including phenoxy) is 2. The predicted molar refractivity (Wildman–Crippen MR) is 136 cm³/mol. The molecule has 0 unspecified atom stereocenters. The molecule has 0 aliphatic carbocycles. The smallest absolute Gasteiger partial charge is 0.323 e. The second kappa shape index (κ2) is 11.0. The van der Waals surface area contributed by atoms with Gasteiger partial charge in [-0.2, -0.15) is 0 Å². The van der Waals surface area contributed by atoms with Gasteiger partial charge in [0.2, 0.25) is 5.91 Å². The van der Waals surface area contributed by atoms with Crippen molar-refractivity contribution in [1.82, 2.24) is 4.98 Å². The molecule has 0 bridgehead atoms. The predicted octanol–water partition coefficient (Wildman–Crippen LogP) is 6.92. The second-order valence-corrected chi connectivity index (χ2v) is 7.77. The molecule has 0 aliphatic heterocycles. The molecule has 3 amide bonds. The standard InChI is InChI=1S/C26H21ClN4O4/c1-17(32)29-19-3-9-22(10-4-19)35-25-11-2-18(27)16-24(25)31-26(33)30-20-5-7-21(8-6-20)34-23-12-14-28-15-13-23/h2-16H,1H3,(H,29,32)(H2,30,31,33). The quantitative estimate of drug-likeness (QED) is 0.262. The second-order valence-electron chi connectivity index (χ2n) is 7.34. The Morgan fingerprint density at radius 3 is 1.91 bits per heavy atom. The molecule has 3 aromatic carbocycles. The number of nitrogens with zero attached hydrogens (tertiary/aromatic N) is 1. The van der Waals surface area contributed by atoms with Gasteiger partial charge in [0, 0.05) is 35.7 Å². The molecule has 0 atom stereocenters. The molecule has 35 heavy (non-hydrogen) atoms. The molecule has 4 aromatic rings. The normalized spacial score (nSPS) is 10.2. The highest BCUT2D eigenvalue weighted by Crippen LogP contribution is 2.33. The number of anilines is 3. The van der Waals surface area contributed by atoms with E-state index in [1.54, 1.807) is 91.3 Å². The Morgan fingerprint density at radius 1 is 0.714 bits per heavy atom. The van der Waals surface area contributed by atoms with Gasteiger partial charge in [-0.3, -0.25) is 9.78 Å². The average molecular weight is 489 g/mol. The van der Waals surface area contributed by atoms with Crippen LogP contribution in [0.2, 0.25) is 5.02 Å². The maximum atomic E-state index is 12.6. The van der Waals surface area contributed by atoms with Crippen LogP contribution < -0.4 is 25.4 Å². The number of nitrogens with one attached hydrogen (secondary N) is 3. The van der Waals surface area contributed by atoms with Crippen molar-refractivity contribution in [2.75, 3.05) is 16.0 Å². The number of rotatable bonds is 7. The number of aromatic nitrogens is 1. The van der Waals surface area contributed by atoms with Crippen LogP contribution in [0.1, 0.15) is 6.92 Å². The van der Waals surface area contributed by atoms with E-state index in [0.29, 0.717) is 45.1 Å². The van der Waals surface area contributed by atoms with Crippen molar-refractivity contribution in [1.29, 1.82) is 0 Å². The van der Waals surface area contributed by atoms with Crippen LogP contribution in [0, 0.1) is 0 Å². The Hall–Kier alpha value is -4.56. The minimum atomic E-state index is -0.471. The van der Waals surface area contributed by atoms with E-state index in [2.05, 4.69) is 20.9 Å². The number of halogens is 1. The number of pyridine rings is 1. The van der Waals surface area contributed by atoms with Crippen LogP contribution in [0.15, 0.2) is 91.3 Å². The van der Waals surface area contributed by atoms with Crippen LogP contribution in [0.25, 0.3) is 0 Å². The zero-order chi connectivity index (χ0) is 24.6. The molecule has 0 fully saturated rings. The number of hydrogen-bond donors (Lipinski definition) is 3. The summed E-state index contributed by atoms with van der Waals surface area (Å²) in [6.07, 6.45) is 3.29. The van der Waals surface area contributed by atoms with E-state index in [1.165, 1.54) is 6.92 Å². The van der Waals surface area contributed by atoms with Crippen molar-refractivity contribution in [3.05, 3.63) is 96.3 Å². The van der Waals surface area contributed by atoms with Crippen molar-refractivity contribution in [2.45, 2.75) is 6.92 Å². The third kappa shape index (κ3) is 6.96. The topological polar surface area (TPSA) is 102 Å². The highest BCUT2D eigenvalue weighted by atomic mass is 35.5. The van der Waals surface area contributed by atoms with Gasteiger partial charge in [0.15, 0.2) is 5.75 Å². The lowest BCUT2D eigenvalue weighted by Gasteiger charge is -2.14. The number of carbonyl (C=O) groups is 2. The molecular weight excluding hydrogens is 468 g/mol. The Balaban J connectivity index is 1.40. The van der Waals surface area contributed by atoms with E-state index in [-0.39, 0.29) is 5.91 Å². The molecule has 1 aromatic heterocycles. The van der Waals surface area contributed by atoms with Crippen molar-refractivity contribution >= 4 is 40.6 Å². The Bertz CT molecular complexity index is 1310. The van der Waals surface area contributed by atoms with Gasteiger partial charge in [0.1, 0.15) is 17.2 Å². The summed E-state index contributed by atoms with van der Waals surface area (Å²) in [4.78, 5) is 27.8. The maximum absolute atomic E-state index is 12.6. The first-order valence-corrected chi connectivity index (χ1v) is 10.9. The number of urea groups is 1. The van der Waals surface area contributed by atoms with Gasteiger partial charge in [0.05, 0.1) is 5.69 Å². The summed E-state index contributed by atoms with van der Waals surface area (Å²) in [5.41, 5.74) is 1.61. The molecule has 0 saturated carbocycles. The largest absolute Gasteiger partial charge is 0.457 e. The van der Waals surface area contributed by atoms with Crippen LogP contribution >= 0.6 is 11.6 Å². The van der Waals surface area contributed by atoms with Crippen LogP contribution in [-0.2, 0) is 4.79 Å². The van der Waals surface area contributed by atoms with Gasteiger partial charge in [-0.15, -0.1) is 0 Å². The van der Waals surface area contributed by atoms with Crippen molar-refractivity contribution in [2.24, 2.45) is 0 Å². The molecule has 1 heterocycles. The lowest BCUT2D eigenvalue weighted by Crippen LogP contribution is -2.19. The fraction of sp³-hybridized carbons (Fsp3) is 0.0385. The highest BCUT2D eigenvalue weighted by molar-refractivity contribution is 6.31. The lowest BCUT2D eigenvalue weighted by atomic mass is 10.2. The molecule has 0 aliphatic rings. The summed E-state index contributed by atoms with van der Waals surface area (Å²) in [7, 11) is 0. The van der Waals surface area contributed by atoms with E-state index < -0.39 is 6.03 Å². The third-order valence-electron chi connectivity index (χ3n) is 4.59. The van der Waals surface area contributed by atoms with E-state index in [4.69, 9.17) is 21.1 Å². The Labute approximate surface area is 206 Å². The Kier molecular flexibility index (Phi) is 7.44. The summed E-state index contributed by atoms with van der Waals surface area (Å²) in [5, 5.41) is 8.65. The van der Waals surface area contributed by atoms with Gasteiger partial charge in [-0.25, -0.2) is 4.79 Å². The van der Waals surface area contributed by atoms with Gasteiger partial charge in [-0.05, 0) is 78.9 Å². The fourth-order valence-electron chi connectivity index (χ4n) is 3.06. The van der Waals surface area contributed by atoms with Gasteiger partial charge >= 0.3 is 6.03 Å². The molecule has 0 radical (unpaired) electrons. The van der Waals surface area contributed by atoms with Gasteiger partial charge in [-0.1, -0.05) is 11.6 Å². The number of amides is 3. The van der Waals surface area contributed by atoms with E-state index >= 15 is 0 Å². The molecule has 3 N–H and O–H groups in total. The van der Waals surface area contributed by atoms with Crippen LogP contribution in [-0.4, -0.2) is 16.9 Å². The fourth-order valence-corrected chi connectivity index (χ4v) is 3.23. The molecule has 0 spiro atoms. The van der Waals surface area contributed by atoms with Crippen LogP contribution in [0.3, 0.4) is 0 Å². The summed E-state index contributed by atoms with van der Waals surface area (Å²) in [5.74, 6) is 2.05.